The lowest BCUT2D eigenvalue weighted by Gasteiger charge is -2.03. The summed E-state index contributed by atoms with van der Waals surface area (Å²) in [6, 6.07) is 1.64. The van der Waals surface area contributed by atoms with Gasteiger partial charge in [-0.25, -0.2) is 27.4 Å². The van der Waals surface area contributed by atoms with E-state index in [1.54, 1.807) is 17.3 Å². The SMILES string of the molecule is CN(C)/C=N/c1ncnc2c1ccn2S(C)(=O)=O. The molecule has 2 aromatic rings. The van der Waals surface area contributed by atoms with Gasteiger partial charge in [0.15, 0.2) is 11.5 Å². The number of fused-ring (bicyclic) bond motifs is 1. The second kappa shape index (κ2) is 4.37. The van der Waals surface area contributed by atoms with Gasteiger partial charge in [0, 0.05) is 20.3 Å². The minimum absolute atomic E-state index is 0.332. The maximum Gasteiger partial charge on any atom is 0.237 e. The van der Waals surface area contributed by atoms with Gasteiger partial charge < -0.3 is 4.90 Å². The van der Waals surface area contributed by atoms with E-state index in [-0.39, 0.29) is 0 Å². The Kier molecular flexibility index (Phi) is 3.04. The summed E-state index contributed by atoms with van der Waals surface area (Å²) in [6.07, 6.45) is 5.46. The van der Waals surface area contributed by atoms with E-state index in [1.165, 1.54) is 12.5 Å². The van der Waals surface area contributed by atoms with Gasteiger partial charge in [0.25, 0.3) is 0 Å². The lowest BCUT2D eigenvalue weighted by molar-refractivity contribution is 0.595. The van der Waals surface area contributed by atoms with E-state index in [0.717, 1.165) is 10.2 Å². The summed E-state index contributed by atoms with van der Waals surface area (Å²) in [4.78, 5) is 13.9. The minimum atomic E-state index is -3.37. The molecule has 0 N–H and O–H groups in total. The number of hydrogen-bond donors (Lipinski definition) is 0. The second-order valence-corrected chi connectivity index (χ2v) is 5.88. The third-order valence-electron chi connectivity index (χ3n) is 2.20. The molecule has 0 amide bonds. The fourth-order valence-corrected chi connectivity index (χ4v) is 2.20. The molecule has 8 heteroatoms. The first-order chi connectivity index (χ1) is 8.39. The maximum atomic E-state index is 11.5. The highest BCUT2D eigenvalue weighted by Crippen LogP contribution is 2.23. The van der Waals surface area contributed by atoms with E-state index in [0.29, 0.717) is 16.9 Å². The minimum Gasteiger partial charge on any atom is -0.369 e. The molecule has 18 heavy (non-hydrogen) atoms. The zero-order chi connectivity index (χ0) is 13.3. The Morgan fingerprint density at radius 1 is 1.39 bits per heavy atom. The van der Waals surface area contributed by atoms with E-state index >= 15 is 0 Å². The first kappa shape index (κ1) is 12.5. The normalized spacial score (nSPS) is 12.4. The van der Waals surface area contributed by atoms with Crippen LogP contribution in [-0.4, -0.2) is 53.9 Å². The molecule has 0 aliphatic carbocycles. The highest BCUT2D eigenvalue weighted by atomic mass is 32.2. The van der Waals surface area contributed by atoms with Crippen LogP contribution in [0.3, 0.4) is 0 Å². The first-order valence-corrected chi connectivity index (χ1v) is 6.97. The molecule has 0 aliphatic heterocycles. The summed E-state index contributed by atoms with van der Waals surface area (Å²) < 4.78 is 24.2. The van der Waals surface area contributed by atoms with Gasteiger partial charge in [0.2, 0.25) is 10.0 Å². The third-order valence-corrected chi connectivity index (χ3v) is 3.20. The van der Waals surface area contributed by atoms with Crippen LogP contribution >= 0.6 is 0 Å². The average molecular weight is 267 g/mol. The third kappa shape index (κ3) is 2.33. The molecular weight excluding hydrogens is 254 g/mol. The number of rotatable bonds is 3. The van der Waals surface area contributed by atoms with Crippen molar-refractivity contribution in [3.63, 3.8) is 0 Å². The molecule has 0 spiro atoms. The summed E-state index contributed by atoms with van der Waals surface area (Å²) in [6.45, 7) is 0. The van der Waals surface area contributed by atoms with Crippen LogP contribution in [0.2, 0.25) is 0 Å². The Bertz CT molecular complexity index is 702. The predicted octanol–water partition coefficient (Wildman–Crippen LogP) is 0.460. The van der Waals surface area contributed by atoms with Crippen LogP contribution in [0.15, 0.2) is 23.6 Å². The quantitative estimate of drug-likeness (QED) is 0.596. The van der Waals surface area contributed by atoms with Gasteiger partial charge in [-0.2, -0.15) is 0 Å². The monoisotopic (exact) mass is 267 g/mol. The zero-order valence-corrected chi connectivity index (χ0v) is 11.1. The molecule has 0 fully saturated rings. The number of nitrogens with zero attached hydrogens (tertiary/aromatic N) is 5. The Hall–Kier alpha value is -1.96. The lowest BCUT2D eigenvalue weighted by Crippen LogP contribution is -2.09. The lowest BCUT2D eigenvalue weighted by atomic mass is 10.4. The van der Waals surface area contributed by atoms with Crippen LogP contribution in [0.25, 0.3) is 11.0 Å². The van der Waals surface area contributed by atoms with Crippen molar-refractivity contribution in [2.45, 2.75) is 0 Å². The van der Waals surface area contributed by atoms with Crippen LogP contribution in [0.1, 0.15) is 0 Å². The van der Waals surface area contributed by atoms with Crippen molar-refractivity contribution in [2.75, 3.05) is 20.4 Å². The maximum absolute atomic E-state index is 11.5. The predicted molar refractivity (Wildman–Crippen MR) is 69.6 cm³/mol. The van der Waals surface area contributed by atoms with Crippen molar-refractivity contribution < 1.29 is 8.42 Å². The molecule has 0 unspecified atom stereocenters. The van der Waals surface area contributed by atoms with Gasteiger partial charge in [-0.05, 0) is 6.07 Å². The Labute approximate surface area is 105 Å². The molecule has 0 saturated carbocycles. The fourth-order valence-electron chi connectivity index (χ4n) is 1.46. The van der Waals surface area contributed by atoms with E-state index in [4.69, 9.17) is 0 Å². The van der Waals surface area contributed by atoms with Crippen molar-refractivity contribution >= 4 is 33.2 Å². The van der Waals surface area contributed by atoms with Crippen molar-refractivity contribution in [3.05, 3.63) is 18.6 Å². The van der Waals surface area contributed by atoms with E-state index < -0.39 is 10.0 Å². The number of aliphatic imine (C=N–C) groups is 1. The average Bonchev–Trinajstić information content (AvgIpc) is 2.69. The summed E-state index contributed by atoms with van der Waals surface area (Å²) in [7, 11) is 0.304. The van der Waals surface area contributed by atoms with Crippen LogP contribution < -0.4 is 0 Å². The smallest absolute Gasteiger partial charge is 0.237 e. The summed E-state index contributed by atoms with van der Waals surface area (Å²) in [5.41, 5.74) is 0.332. The van der Waals surface area contributed by atoms with Gasteiger partial charge in [-0.1, -0.05) is 0 Å². The van der Waals surface area contributed by atoms with E-state index in [2.05, 4.69) is 15.0 Å². The zero-order valence-electron chi connectivity index (χ0n) is 10.3. The van der Waals surface area contributed by atoms with Crippen LogP contribution in [-0.2, 0) is 10.0 Å². The van der Waals surface area contributed by atoms with Gasteiger partial charge in [0.1, 0.15) is 6.33 Å². The fraction of sp³-hybridized carbons (Fsp3) is 0.300. The molecule has 0 radical (unpaired) electrons. The molecule has 0 saturated heterocycles. The van der Waals surface area contributed by atoms with E-state index in [1.807, 2.05) is 14.1 Å². The molecule has 2 rings (SSSR count). The van der Waals surface area contributed by atoms with Crippen molar-refractivity contribution in [2.24, 2.45) is 4.99 Å². The number of hydrogen-bond acceptors (Lipinski definition) is 5. The topological polar surface area (TPSA) is 80.5 Å². The molecular formula is C10H13N5O2S. The van der Waals surface area contributed by atoms with Crippen molar-refractivity contribution in [3.8, 4) is 0 Å². The van der Waals surface area contributed by atoms with Gasteiger partial charge in [0.05, 0.1) is 18.0 Å². The Morgan fingerprint density at radius 3 is 2.72 bits per heavy atom. The molecule has 0 aromatic carbocycles. The van der Waals surface area contributed by atoms with Crippen LogP contribution in [0, 0.1) is 0 Å². The largest absolute Gasteiger partial charge is 0.369 e. The molecule has 96 valence electrons. The van der Waals surface area contributed by atoms with Crippen molar-refractivity contribution in [1.82, 2.24) is 18.8 Å². The molecule has 0 aliphatic rings. The highest BCUT2D eigenvalue weighted by molar-refractivity contribution is 7.89. The second-order valence-electron chi connectivity index (χ2n) is 4.02. The standard InChI is InChI=1S/C10H13N5O2S/c1-14(2)7-13-9-8-4-5-15(18(3,16)17)10(8)12-6-11-9/h4-7H,1-3H3/b13-7+. The summed E-state index contributed by atoms with van der Waals surface area (Å²) >= 11 is 0. The van der Waals surface area contributed by atoms with E-state index in [9.17, 15) is 8.42 Å². The Balaban J connectivity index is 2.63. The van der Waals surface area contributed by atoms with Gasteiger partial charge in [-0.3, -0.25) is 0 Å². The van der Waals surface area contributed by atoms with Crippen LogP contribution in [0.4, 0.5) is 5.82 Å². The molecule has 7 nitrogen and oxygen atoms in total. The van der Waals surface area contributed by atoms with Crippen molar-refractivity contribution in [1.29, 1.82) is 0 Å². The molecule has 0 atom stereocenters. The van der Waals surface area contributed by atoms with Crippen LogP contribution in [0.5, 0.6) is 0 Å². The van der Waals surface area contributed by atoms with Gasteiger partial charge >= 0.3 is 0 Å². The van der Waals surface area contributed by atoms with Gasteiger partial charge in [-0.15, -0.1) is 0 Å². The molecule has 2 aromatic heterocycles. The highest BCUT2D eigenvalue weighted by Gasteiger charge is 2.13. The molecule has 0 bridgehead atoms. The molecule has 2 heterocycles. The summed E-state index contributed by atoms with van der Waals surface area (Å²) in [5.74, 6) is 0.441. The summed E-state index contributed by atoms with van der Waals surface area (Å²) in [5, 5.41) is 0.598. The Morgan fingerprint density at radius 2 is 2.11 bits per heavy atom. The first-order valence-electron chi connectivity index (χ1n) is 5.13. The number of aromatic nitrogens is 3.